The number of aryl methyl sites for hydroxylation is 1. The molecule has 1 aromatic rings. The van der Waals surface area contributed by atoms with Gasteiger partial charge in [0.2, 0.25) is 0 Å². The molecule has 0 aliphatic carbocycles. The molecule has 0 aromatic heterocycles. The summed E-state index contributed by atoms with van der Waals surface area (Å²) in [6.07, 6.45) is -0.768. The number of carbonyl (C=O) groups excluding carboxylic acids is 1. The Labute approximate surface area is 125 Å². The lowest BCUT2D eigenvalue weighted by atomic mass is 9.86. The monoisotopic (exact) mass is 293 g/mol. The first-order valence-electron chi connectivity index (χ1n) is 6.88. The molecule has 1 amide bonds. The van der Waals surface area contributed by atoms with Crippen LogP contribution in [-0.4, -0.2) is 29.1 Å². The Morgan fingerprint density at radius 3 is 2.38 bits per heavy atom. The number of hydrogen-bond acceptors (Lipinski definition) is 3. The average Bonchev–Trinajstić information content (AvgIpc) is 2.33. The molecule has 0 saturated heterocycles. The first-order valence-corrected chi connectivity index (χ1v) is 6.88. The summed E-state index contributed by atoms with van der Waals surface area (Å²) >= 11 is 0. The molecule has 2 atom stereocenters. The Morgan fingerprint density at radius 2 is 1.90 bits per heavy atom. The maximum absolute atomic E-state index is 12.1. The quantitative estimate of drug-likeness (QED) is 0.874. The molecule has 0 aliphatic heterocycles. The lowest BCUT2D eigenvalue weighted by Crippen LogP contribution is -2.52. The van der Waals surface area contributed by atoms with E-state index < -0.39 is 29.4 Å². The highest BCUT2D eigenvalue weighted by Gasteiger charge is 2.33. The number of carboxylic acids is 1. The van der Waals surface area contributed by atoms with Crippen molar-refractivity contribution in [2.24, 2.45) is 5.41 Å². The zero-order chi connectivity index (χ0) is 16.2. The number of benzene rings is 1. The summed E-state index contributed by atoms with van der Waals surface area (Å²) in [6.45, 7) is 8.81. The van der Waals surface area contributed by atoms with Gasteiger partial charge in [0.05, 0.1) is 0 Å². The van der Waals surface area contributed by atoms with Crippen LogP contribution in [0.25, 0.3) is 0 Å². The molecule has 21 heavy (non-hydrogen) atoms. The van der Waals surface area contributed by atoms with E-state index in [0.29, 0.717) is 5.75 Å². The number of nitrogens with one attached hydrogen (secondary N) is 1. The van der Waals surface area contributed by atoms with E-state index in [4.69, 9.17) is 4.74 Å². The summed E-state index contributed by atoms with van der Waals surface area (Å²) in [4.78, 5) is 23.3. The van der Waals surface area contributed by atoms with Crippen LogP contribution in [0.3, 0.4) is 0 Å². The van der Waals surface area contributed by atoms with Crippen LogP contribution in [0.2, 0.25) is 0 Å². The zero-order valence-corrected chi connectivity index (χ0v) is 13.1. The van der Waals surface area contributed by atoms with Crippen LogP contribution >= 0.6 is 0 Å². The van der Waals surface area contributed by atoms with E-state index in [2.05, 4.69) is 5.32 Å². The fourth-order valence-electron chi connectivity index (χ4n) is 1.85. The van der Waals surface area contributed by atoms with E-state index in [9.17, 15) is 14.7 Å². The van der Waals surface area contributed by atoms with E-state index in [1.165, 1.54) is 0 Å². The summed E-state index contributed by atoms with van der Waals surface area (Å²) in [5.41, 5.74) is 0.447. The molecular weight excluding hydrogens is 270 g/mol. The van der Waals surface area contributed by atoms with Crippen molar-refractivity contribution in [2.45, 2.75) is 46.8 Å². The summed E-state index contributed by atoms with van der Waals surface area (Å²) < 4.78 is 5.55. The van der Waals surface area contributed by atoms with Crippen molar-refractivity contribution in [3.8, 4) is 5.75 Å². The number of carboxylic acid groups (broad SMARTS) is 1. The van der Waals surface area contributed by atoms with Crippen molar-refractivity contribution >= 4 is 11.9 Å². The lowest BCUT2D eigenvalue weighted by Gasteiger charge is -2.28. The normalized spacial score (nSPS) is 14.1. The van der Waals surface area contributed by atoms with Crippen molar-refractivity contribution in [3.63, 3.8) is 0 Å². The van der Waals surface area contributed by atoms with E-state index in [0.717, 1.165) is 5.56 Å². The molecular formula is C16H23NO4. The average molecular weight is 293 g/mol. The molecule has 0 aliphatic rings. The van der Waals surface area contributed by atoms with Crippen molar-refractivity contribution in [1.29, 1.82) is 0 Å². The largest absolute Gasteiger partial charge is 0.481 e. The lowest BCUT2D eigenvalue weighted by molar-refractivity contribution is -0.146. The van der Waals surface area contributed by atoms with Gasteiger partial charge in [0.1, 0.15) is 11.8 Å². The van der Waals surface area contributed by atoms with Crippen molar-refractivity contribution < 1.29 is 19.4 Å². The molecule has 1 rings (SSSR count). The highest BCUT2D eigenvalue weighted by Crippen LogP contribution is 2.20. The summed E-state index contributed by atoms with van der Waals surface area (Å²) in [6, 6.07) is 6.38. The molecule has 0 spiro atoms. The number of carbonyl (C=O) groups is 2. The van der Waals surface area contributed by atoms with Crippen molar-refractivity contribution in [3.05, 3.63) is 29.8 Å². The van der Waals surface area contributed by atoms with E-state index in [1.807, 2.05) is 25.1 Å². The molecule has 116 valence electrons. The SMILES string of the molecule is Cc1cccc(OC(C)C(=O)NC(C(=O)O)C(C)(C)C)c1. The van der Waals surface area contributed by atoms with E-state index in [1.54, 1.807) is 33.8 Å². The van der Waals surface area contributed by atoms with Gasteiger partial charge in [-0.1, -0.05) is 32.9 Å². The van der Waals surface area contributed by atoms with Gasteiger partial charge in [-0.25, -0.2) is 4.79 Å². The highest BCUT2D eigenvalue weighted by molar-refractivity contribution is 5.86. The van der Waals surface area contributed by atoms with Gasteiger partial charge in [0.15, 0.2) is 6.10 Å². The minimum absolute atomic E-state index is 0.446. The number of aliphatic carboxylic acids is 1. The van der Waals surface area contributed by atoms with Gasteiger partial charge in [-0.15, -0.1) is 0 Å². The molecule has 1 aromatic carbocycles. The van der Waals surface area contributed by atoms with Crippen LogP contribution < -0.4 is 10.1 Å². The Bertz CT molecular complexity index is 519. The molecule has 0 saturated carbocycles. The summed E-state index contributed by atoms with van der Waals surface area (Å²) in [5.74, 6) is -0.919. The van der Waals surface area contributed by atoms with Crippen LogP contribution in [-0.2, 0) is 9.59 Å². The Morgan fingerprint density at radius 1 is 1.29 bits per heavy atom. The minimum Gasteiger partial charge on any atom is -0.481 e. The number of hydrogen-bond donors (Lipinski definition) is 2. The van der Waals surface area contributed by atoms with Gasteiger partial charge < -0.3 is 15.2 Å². The number of ether oxygens (including phenoxy) is 1. The van der Waals surface area contributed by atoms with Crippen LogP contribution in [0.5, 0.6) is 5.75 Å². The third-order valence-corrected chi connectivity index (χ3v) is 3.07. The second kappa shape index (κ2) is 6.61. The first-order chi connectivity index (χ1) is 9.61. The molecule has 0 heterocycles. The van der Waals surface area contributed by atoms with E-state index >= 15 is 0 Å². The standard InChI is InChI=1S/C16H23NO4/c1-10-7-6-8-12(9-10)21-11(2)14(18)17-13(15(19)20)16(3,4)5/h6-9,11,13H,1-5H3,(H,17,18)(H,19,20). The van der Waals surface area contributed by atoms with Crippen LogP contribution in [0.4, 0.5) is 0 Å². The predicted molar refractivity (Wildman–Crippen MR) is 80.3 cm³/mol. The molecule has 2 unspecified atom stereocenters. The third-order valence-electron chi connectivity index (χ3n) is 3.07. The van der Waals surface area contributed by atoms with Gasteiger partial charge in [-0.05, 0) is 37.0 Å². The van der Waals surface area contributed by atoms with Crippen LogP contribution in [0.1, 0.15) is 33.3 Å². The Kier molecular flexibility index (Phi) is 5.35. The second-order valence-corrected chi connectivity index (χ2v) is 6.22. The molecule has 0 bridgehead atoms. The molecule has 5 heteroatoms. The fraction of sp³-hybridized carbons (Fsp3) is 0.500. The molecule has 5 nitrogen and oxygen atoms in total. The van der Waals surface area contributed by atoms with Crippen LogP contribution in [0.15, 0.2) is 24.3 Å². The smallest absolute Gasteiger partial charge is 0.326 e. The maximum atomic E-state index is 12.1. The van der Waals surface area contributed by atoms with Crippen molar-refractivity contribution in [1.82, 2.24) is 5.32 Å². The predicted octanol–water partition coefficient (Wildman–Crippen LogP) is 2.38. The first kappa shape index (κ1) is 17.0. The van der Waals surface area contributed by atoms with E-state index in [-0.39, 0.29) is 0 Å². The minimum atomic E-state index is -1.06. The van der Waals surface area contributed by atoms with Crippen molar-refractivity contribution in [2.75, 3.05) is 0 Å². The van der Waals surface area contributed by atoms with Gasteiger partial charge in [-0.2, -0.15) is 0 Å². The zero-order valence-electron chi connectivity index (χ0n) is 13.1. The third kappa shape index (κ3) is 5.10. The van der Waals surface area contributed by atoms with Gasteiger partial charge in [0, 0.05) is 0 Å². The van der Waals surface area contributed by atoms with Crippen LogP contribution in [0, 0.1) is 12.3 Å². The summed E-state index contributed by atoms with van der Waals surface area (Å²) in [5, 5.41) is 11.7. The summed E-state index contributed by atoms with van der Waals surface area (Å²) in [7, 11) is 0. The van der Waals surface area contributed by atoms with Gasteiger partial charge in [0.25, 0.3) is 5.91 Å². The second-order valence-electron chi connectivity index (χ2n) is 6.22. The number of rotatable bonds is 5. The topological polar surface area (TPSA) is 75.6 Å². The highest BCUT2D eigenvalue weighted by atomic mass is 16.5. The Hall–Kier alpha value is -2.04. The molecule has 0 fully saturated rings. The molecule has 0 radical (unpaired) electrons. The van der Waals surface area contributed by atoms with Gasteiger partial charge in [-0.3, -0.25) is 4.79 Å². The molecule has 2 N–H and O–H groups in total. The maximum Gasteiger partial charge on any atom is 0.326 e. The Balaban J connectivity index is 2.72. The number of amides is 1. The fourth-order valence-corrected chi connectivity index (χ4v) is 1.85. The van der Waals surface area contributed by atoms with Gasteiger partial charge >= 0.3 is 5.97 Å².